The summed E-state index contributed by atoms with van der Waals surface area (Å²) in [6, 6.07) is 6.54. The Balaban J connectivity index is 1.42. The minimum atomic E-state index is -0.480. The lowest BCUT2D eigenvalue weighted by molar-refractivity contribution is 0.00543. The van der Waals surface area contributed by atoms with E-state index >= 15 is 0 Å². The van der Waals surface area contributed by atoms with E-state index in [0.717, 1.165) is 5.56 Å². The number of fused-ring (bicyclic) bond motifs is 1. The summed E-state index contributed by atoms with van der Waals surface area (Å²) >= 11 is 0. The summed E-state index contributed by atoms with van der Waals surface area (Å²) in [6.07, 6.45) is 2.65. The summed E-state index contributed by atoms with van der Waals surface area (Å²) in [5.74, 6) is 1.20. The highest BCUT2D eigenvalue weighted by atomic mass is 16.5. The number of pyridine rings is 2. The van der Waals surface area contributed by atoms with Gasteiger partial charge < -0.3 is 29.5 Å². The summed E-state index contributed by atoms with van der Waals surface area (Å²) in [5, 5.41) is 20.7. The molecule has 12 nitrogen and oxygen atoms in total. The maximum absolute atomic E-state index is 12.3. The number of carbonyl (C=O) groups excluding carboxylic acids is 1. The zero-order chi connectivity index (χ0) is 23.8. The van der Waals surface area contributed by atoms with Gasteiger partial charge in [-0.05, 0) is 30.7 Å². The molecule has 1 aliphatic rings. The van der Waals surface area contributed by atoms with Crippen molar-refractivity contribution >= 4 is 34.4 Å². The lowest BCUT2D eigenvalue weighted by Crippen LogP contribution is -2.53. The number of carbonyl (C=O) groups is 1. The second kappa shape index (κ2) is 8.38. The number of β-amino-alcohol motifs (C(OH)–C–C–N with tert-alkyl or cyclic N) is 1. The topological polar surface area (TPSA) is 136 Å². The Labute approximate surface area is 193 Å². The molecule has 0 aliphatic carbocycles. The van der Waals surface area contributed by atoms with Gasteiger partial charge >= 0.3 is 0 Å². The van der Waals surface area contributed by atoms with E-state index in [0.29, 0.717) is 47.4 Å². The first-order valence-electron chi connectivity index (χ1n) is 10.3. The molecule has 4 aromatic rings. The van der Waals surface area contributed by atoms with Gasteiger partial charge in [-0.3, -0.25) is 4.79 Å². The second-order valence-corrected chi connectivity index (χ2v) is 7.85. The Bertz CT molecular complexity index is 1440. The van der Waals surface area contributed by atoms with Crippen molar-refractivity contribution in [3.05, 3.63) is 59.5 Å². The van der Waals surface area contributed by atoms with E-state index in [1.54, 1.807) is 35.2 Å². The highest BCUT2D eigenvalue weighted by Crippen LogP contribution is 2.31. The Hall–Kier alpha value is -4.63. The molecule has 1 saturated heterocycles. The monoisotopic (exact) mass is 457 g/mol. The van der Waals surface area contributed by atoms with Crippen LogP contribution in [0.25, 0.3) is 16.0 Å². The lowest BCUT2D eigenvalue weighted by Gasteiger charge is -2.35. The van der Waals surface area contributed by atoms with Crippen LogP contribution in [0.15, 0.2) is 36.8 Å². The maximum Gasteiger partial charge on any atom is 0.274 e. The molecule has 4 aromatic heterocycles. The predicted octanol–water partition coefficient (Wildman–Crippen LogP) is 2.37. The minimum Gasteiger partial charge on any atom is -0.435 e. The minimum absolute atomic E-state index is 0.199. The number of aliphatic hydroxyl groups is 1. The van der Waals surface area contributed by atoms with Gasteiger partial charge in [-0.25, -0.2) is 4.98 Å². The molecule has 0 radical (unpaired) electrons. The van der Waals surface area contributed by atoms with Crippen LogP contribution >= 0.6 is 0 Å². The first-order valence-corrected chi connectivity index (χ1v) is 10.3. The SMILES string of the molecule is [C-]#[N+]c1cc(C)c(Oc2cc(Nc3ccc(C(=O)N4CC(O)C4)nn3)c3ncn(C)c3n2)cn1. The van der Waals surface area contributed by atoms with Gasteiger partial charge in [-0.1, -0.05) is 6.57 Å². The van der Waals surface area contributed by atoms with E-state index < -0.39 is 6.10 Å². The van der Waals surface area contributed by atoms with Crippen molar-refractivity contribution in [1.82, 2.24) is 34.6 Å². The molecule has 0 unspecified atom stereocenters. The average molecular weight is 457 g/mol. The third kappa shape index (κ3) is 3.96. The molecular weight excluding hydrogens is 438 g/mol. The van der Waals surface area contributed by atoms with Crippen LogP contribution in [0.4, 0.5) is 17.3 Å². The van der Waals surface area contributed by atoms with Crippen LogP contribution in [0.5, 0.6) is 11.6 Å². The normalized spacial score (nSPS) is 13.4. The van der Waals surface area contributed by atoms with Gasteiger partial charge in [-0.15, -0.1) is 15.2 Å². The van der Waals surface area contributed by atoms with Gasteiger partial charge in [0.15, 0.2) is 29.1 Å². The first kappa shape index (κ1) is 21.2. The fourth-order valence-corrected chi connectivity index (χ4v) is 3.47. The number of nitrogens with one attached hydrogen (secondary N) is 1. The van der Waals surface area contributed by atoms with Crippen molar-refractivity contribution in [1.29, 1.82) is 0 Å². The molecule has 0 saturated carbocycles. The van der Waals surface area contributed by atoms with E-state index in [-0.39, 0.29) is 17.4 Å². The zero-order valence-electron chi connectivity index (χ0n) is 18.3. The van der Waals surface area contributed by atoms with Crippen molar-refractivity contribution < 1.29 is 14.6 Å². The number of aliphatic hydroxyl groups excluding tert-OH is 1. The number of aryl methyl sites for hydroxylation is 2. The van der Waals surface area contributed by atoms with E-state index in [9.17, 15) is 9.90 Å². The summed E-state index contributed by atoms with van der Waals surface area (Å²) in [6.45, 7) is 9.52. The molecule has 2 N–H and O–H groups in total. The molecule has 0 spiro atoms. The number of anilines is 2. The smallest absolute Gasteiger partial charge is 0.274 e. The van der Waals surface area contributed by atoms with Gasteiger partial charge in [0, 0.05) is 26.2 Å². The van der Waals surface area contributed by atoms with E-state index in [1.807, 2.05) is 14.0 Å². The van der Waals surface area contributed by atoms with E-state index in [2.05, 4.69) is 35.3 Å². The van der Waals surface area contributed by atoms with Crippen LogP contribution in [0.2, 0.25) is 0 Å². The van der Waals surface area contributed by atoms with Gasteiger partial charge in [0.2, 0.25) is 5.88 Å². The largest absolute Gasteiger partial charge is 0.435 e. The Morgan fingerprint density at radius 2 is 2.09 bits per heavy atom. The van der Waals surface area contributed by atoms with E-state index in [4.69, 9.17) is 11.3 Å². The summed E-state index contributed by atoms with van der Waals surface area (Å²) in [5.41, 5.74) is 2.72. The number of ether oxygens (including phenoxy) is 1. The van der Waals surface area contributed by atoms with Gasteiger partial charge in [0.25, 0.3) is 11.7 Å². The summed E-state index contributed by atoms with van der Waals surface area (Å²) in [7, 11) is 1.82. The van der Waals surface area contributed by atoms with Gasteiger partial charge in [0.05, 0.1) is 18.1 Å². The van der Waals surface area contributed by atoms with Gasteiger partial charge in [0.1, 0.15) is 5.52 Å². The molecule has 0 atom stereocenters. The molecule has 1 aliphatic heterocycles. The molecule has 1 fully saturated rings. The fourth-order valence-electron chi connectivity index (χ4n) is 3.47. The quantitative estimate of drug-likeness (QED) is 0.433. The number of nitrogens with zero attached hydrogens (tertiary/aromatic N) is 8. The first-order chi connectivity index (χ1) is 16.4. The molecule has 5 rings (SSSR count). The molecular formula is C22H19N9O3. The molecule has 0 bridgehead atoms. The number of amides is 1. The van der Waals surface area contributed by atoms with Crippen LogP contribution in [-0.4, -0.2) is 64.8 Å². The standard InChI is InChI=1S/C22H19N9O3/c1-12-6-18(23-2)24-8-16(12)34-19-7-15(20-21(27-19)30(3)11-25-20)26-17-5-4-14(28-29-17)22(33)31-9-13(32)10-31/h4-8,11,13,32H,9-10H2,1,3H3,(H,26,27,29). The van der Waals surface area contributed by atoms with Crippen LogP contribution in [0, 0.1) is 13.5 Å². The van der Waals surface area contributed by atoms with Crippen molar-refractivity contribution in [2.75, 3.05) is 18.4 Å². The maximum atomic E-state index is 12.3. The average Bonchev–Trinajstić information content (AvgIpc) is 3.19. The van der Waals surface area contributed by atoms with Crippen LogP contribution in [0.1, 0.15) is 16.1 Å². The van der Waals surface area contributed by atoms with Crippen molar-refractivity contribution in [3.8, 4) is 11.6 Å². The van der Waals surface area contributed by atoms with Crippen molar-refractivity contribution in [2.45, 2.75) is 13.0 Å². The number of likely N-dealkylation sites (tertiary alicyclic amines) is 1. The number of rotatable bonds is 5. The van der Waals surface area contributed by atoms with Gasteiger partial charge in [-0.2, -0.15) is 4.98 Å². The zero-order valence-corrected chi connectivity index (χ0v) is 18.3. The molecule has 0 aromatic carbocycles. The number of imidazole rings is 1. The third-order valence-corrected chi connectivity index (χ3v) is 5.32. The third-order valence-electron chi connectivity index (χ3n) is 5.32. The highest BCUT2D eigenvalue weighted by molar-refractivity contribution is 5.93. The Kier molecular flexibility index (Phi) is 5.23. The Morgan fingerprint density at radius 3 is 2.76 bits per heavy atom. The molecule has 170 valence electrons. The van der Waals surface area contributed by atoms with Crippen LogP contribution in [0.3, 0.4) is 0 Å². The summed E-state index contributed by atoms with van der Waals surface area (Å²) in [4.78, 5) is 30.2. The van der Waals surface area contributed by atoms with Crippen molar-refractivity contribution in [2.24, 2.45) is 7.05 Å². The molecule has 1 amide bonds. The number of aromatic nitrogens is 6. The van der Waals surface area contributed by atoms with E-state index in [1.165, 1.54) is 11.1 Å². The number of hydrogen-bond acceptors (Lipinski definition) is 9. The lowest BCUT2D eigenvalue weighted by atomic mass is 10.1. The Morgan fingerprint density at radius 1 is 1.26 bits per heavy atom. The number of hydrogen-bond donors (Lipinski definition) is 2. The second-order valence-electron chi connectivity index (χ2n) is 7.85. The van der Waals surface area contributed by atoms with Crippen molar-refractivity contribution in [3.63, 3.8) is 0 Å². The molecule has 34 heavy (non-hydrogen) atoms. The van der Waals surface area contributed by atoms with Crippen LogP contribution < -0.4 is 10.1 Å². The predicted molar refractivity (Wildman–Crippen MR) is 121 cm³/mol. The fraction of sp³-hybridized carbons (Fsp3) is 0.227. The van der Waals surface area contributed by atoms with Crippen LogP contribution in [-0.2, 0) is 7.05 Å². The summed E-state index contributed by atoms with van der Waals surface area (Å²) < 4.78 is 7.72. The molecule has 12 heteroatoms. The molecule has 5 heterocycles. The highest BCUT2D eigenvalue weighted by Gasteiger charge is 2.30.